The van der Waals surface area contributed by atoms with Crippen LogP contribution in [0.4, 0.5) is 0 Å². The number of nitrogens with one attached hydrogen (secondary N) is 1. The van der Waals surface area contributed by atoms with Crippen molar-refractivity contribution >= 4 is 17.2 Å². The van der Waals surface area contributed by atoms with E-state index in [-0.39, 0.29) is 11.4 Å². The maximum absolute atomic E-state index is 12.7. The Balaban J connectivity index is 1.61. The summed E-state index contributed by atoms with van der Waals surface area (Å²) in [5.41, 5.74) is 1.93. The Morgan fingerprint density at radius 1 is 1.27 bits per heavy atom. The number of carbonyl (C=O) groups excluding carboxylic acids is 1. The van der Waals surface area contributed by atoms with Crippen molar-refractivity contribution in [2.75, 3.05) is 32.8 Å². The lowest BCUT2D eigenvalue weighted by Gasteiger charge is -2.40. The molecule has 1 amide bonds. The van der Waals surface area contributed by atoms with Crippen LogP contribution >= 0.6 is 11.3 Å². The zero-order valence-electron chi connectivity index (χ0n) is 15.7. The predicted octanol–water partition coefficient (Wildman–Crippen LogP) is 2.88. The van der Waals surface area contributed by atoms with E-state index >= 15 is 0 Å². The van der Waals surface area contributed by atoms with Crippen molar-refractivity contribution in [1.82, 2.24) is 15.2 Å². The molecule has 0 atom stereocenters. The molecule has 3 rings (SSSR count). The van der Waals surface area contributed by atoms with Crippen molar-refractivity contribution in [3.63, 3.8) is 0 Å². The number of hydrogen-bond acceptors (Lipinski definition) is 5. The van der Waals surface area contributed by atoms with E-state index in [1.807, 2.05) is 25.1 Å². The van der Waals surface area contributed by atoms with Crippen LogP contribution in [0, 0.1) is 6.92 Å². The summed E-state index contributed by atoms with van der Waals surface area (Å²) >= 11 is 1.49. The van der Waals surface area contributed by atoms with Crippen LogP contribution in [0.25, 0.3) is 0 Å². The molecule has 1 N–H and O–H groups in total. The third-order valence-electron chi connectivity index (χ3n) is 4.79. The summed E-state index contributed by atoms with van der Waals surface area (Å²) < 4.78 is 5.42. The van der Waals surface area contributed by atoms with Crippen LogP contribution in [0.1, 0.15) is 39.8 Å². The summed E-state index contributed by atoms with van der Waals surface area (Å²) in [5, 5.41) is 4.08. The molecule has 6 heteroatoms. The molecular formula is C20H27N3O2S. The van der Waals surface area contributed by atoms with Gasteiger partial charge in [0.15, 0.2) is 0 Å². The van der Waals surface area contributed by atoms with Gasteiger partial charge in [-0.3, -0.25) is 9.69 Å². The van der Waals surface area contributed by atoms with Gasteiger partial charge in [0.1, 0.15) is 4.88 Å². The van der Waals surface area contributed by atoms with Gasteiger partial charge in [-0.25, -0.2) is 4.98 Å². The van der Waals surface area contributed by atoms with Gasteiger partial charge >= 0.3 is 0 Å². The average molecular weight is 374 g/mol. The molecule has 5 nitrogen and oxygen atoms in total. The van der Waals surface area contributed by atoms with Crippen LogP contribution in [0.2, 0.25) is 0 Å². The number of aryl methyl sites for hydroxylation is 1. The van der Waals surface area contributed by atoms with E-state index < -0.39 is 0 Å². The smallest absolute Gasteiger partial charge is 0.263 e. The third-order valence-corrected chi connectivity index (χ3v) is 5.95. The third kappa shape index (κ3) is 4.69. The number of rotatable bonds is 6. The highest BCUT2D eigenvalue weighted by atomic mass is 32.1. The molecule has 0 radical (unpaired) electrons. The molecule has 0 unspecified atom stereocenters. The van der Waals surface area contributed by atoms with Gasteiger partial charge in [-0.1, -0.05) is 30.3 Å². The lowest BCUT2D eigenvalue weighted by Crippen LogP contribution is -2.55. The topological polar surface area (TPSA) is 54.5 Å². The van der Waals surface area contributed by atoms with Crippen LogP contribution < -0.4 is 5.32 Å². The van der Waals surface area contributed by atoms with E-state index in [2.05, 4.69) is 41.2 Å². The van der Waals surface area contributed by atoms with Crippen molar-refractivity contribution in [3.8, 4) is 0 Å². The Morgan fingerprint density at radius 3 is 2.65 bits per heavy atom. The van der Waals surface area contributed by atoms with Gasteiger partial charge in [0.2, 0.25) is 0 Å². The normalized spacial score (nSPS) is 15.8. The van der Waals surface area contributed by atoms with E-state index in [9.17, 15) is 4.79 Å². The molecule has 26 heavy (non-hydrogen) atoms. The lowest BCUT2D eigenvalue weighted by atomic mass is 10.0. The number of carbonyl (C=O) groups is 1. The molecule has 0 bridgehead atoms. The first kappa shape index (κ1) is 19.0. The van der Waals surface area contributed by atoms with Crippen molar-refractivity contribution in [3.05, 3.63) is 51.5 Å². The molecule has 1 saturated heterocycles. The number of hydrogen-bond donors (Lipinski definition) is 1. The fraction of sp³-hybridized carbons (Fsp3) is 0.500. The minimum atomic E-state index is -0.0924. The second-order valence-corrected chi connectivity index (χ2v) is 8.36. The number of amides is 1. The van der Waals surface area contributed by atoms with Crippen LogP contribution in [0.15, 0.2) is 30.3 Å². The number of thiazole rings is 1. The highest BCUT2D eigenvalue weighted by molar-refractivity contribution is 7.13. The Bertz CT molecular complexity index is 737. The largest absolute Gasteiger partial charge is 0.379 e. The second-order valence-electron chi connectivity index (χ2n) is 7.28. The number of morpholine rings is 1. The van der Waals surface area contributed by atoms with Crippen molar-refractivity contribution in [2.24, 2.45) is 0 Å². The first-order valence-electron chi connectivity index (χ1n) is 9.07. The van der Waals surface area contributed by atoms with Crippen molar-refractivity contribution in [2.45, 2.75) is 32.7 Å². The SMILES string of the molecule is Cc1nc(Cc2ccccc2)sc1C(=O)NCC(C)(C)N1CCOCC1. The van der Waals surface area contributed by atoms with Gasteiger partial charge in [-0.05, 0) is 26.3 Å². The van der Waals surface area contributed by atoms with Gasteiger partial charge in [-0.15, -0.1) is 11.3 Å². The summed E-state index contributed by atoms with van der Waals surface area (Å²) in [6, 6.07) is 10.2. The van der Waals surface area contributed by atoms with E-state index in [1.54, 1.807) is 0 Å². The molecule has 1 aliphatic rings. The van der Waals surface area contributed by atoms with Crippen LogP contribution in [0.3, 0.4) is 0 Å². The predicted molar refractivity (Wildman–Crippen MR) is 105 cm³/mol. The second kappa shape index (κ2) is 8.29. The molecule has 0 spiro atoms. The molecular weight excluding hydrogens is 346 g/mol. The summed E-state index contributed by atoms with van der Waals surface area (Å²) in [4.78, 5) is 20.4. The van der Waals surface area contributed by atoms with Crippen LogP contribution in [0.5, 0.6) is 0 Å². The van der Waals surface area contributed by atoms with Gasteiger partial charge in [0.05, 0.1) is 23.9 Å². The number of ether oxygens (including phenoxy) is 1. The Kier molecular flexibility index (Phi) is 6.06. The molecule has 1 aromatic carbocycles. The van der Waals surface area contributed by atoms with Gasteiger partial charge in [-0.2, -0.15) is 0 Å². The maximum atomic E-state index is 12.7. The Morgan fingerprint density at radius 2 is 1.96 bits per heavy atom. The molecule has 1 fully saturated rings. The minimum Gasteiger partial charge on any atom is -0.379 e. The lowest BCUT2D eigenvalue weighted by molar-refractivity contribution is -0.00922. The van der Waals surface area contributed by atoms with E-state index in [1.165, 1.54) is 16.9 Å². The monoisotopic (exact) mass is 373 g/mol. The van der Waals surface area contributed by atoms with Gasteiger partial charge in [0, 0.05) is 31.6 Å². The van der Waals surface area contributed by atoms with E-state index in [4.69, 9.17) is 4.74 Å². The Labute approximate surface area is 159 Å². The highest BCUT2D eigenvalue weighted by Gasteiger charge is 2.29. The Hall–Kier alpha value is -1.76. The van der Waals surface area contributed by atoms with Crippen molar-refractivity contribution in [1.29, 1.82) is 0 Å². The highest BCUT2D eigenvalue weighted by Crippen LogP contribution is 2.21. The summed E-state index contributed by atoms with van der Waals surface area (Å²) in [7, 11) is 0. The van der Waals surface area contributed by atoms with Crippen LogP contribution in [-0.4, -0.2) is 54.2 Å². The minimum absolute atomic E-state index is 0.0272. The number of benzene rings is 1. The van der Waals surface area contributed by atoms with Gasteiger partial charge in [0.25, 0.3) is 5.91 Å². The molecule has 0 aliphatic carbocycles. The van der Waals surface area contributed by atoms with E-state index in [0.717, 1.165) is 43.4 Å². The molecule has 0 saturated carbocycles. The molecule has 140 valence electrons. The number of nitrogens with zero attached hydrogens (tertiary/aromatic N) is 2. The molecule has 1 aliphatic heterocycles. The molecule has 2 aromatic rings. The summed E-state index contributed by atoms with van der Waals surface area (Å²) in [6.45, 7) is 10.2. The standard InChI is InChI=1S/C20H27N3O2S/c1-15-18(26-17(22-15)13-16-7-5-4-6-8-16)19(24)21-14-20(2,3)23-9-11-25-12-10-23/h4-8H,9-14H2,1-3H3,(H,21,24). The fourth-order valence-corrected chi connectivity index (χ4v) is 4.18. The number of aromatic nitrogens is 1. The van der Waals surface area contributed by atoms with Crippen molar-refractivity contribution < 1.29 is 9.53 Å². The summed E-state index contributed by atoms with van der Waals surface area (Å²) in [6.07, 6.45) is 0.763. The quantitative estimate of drug-likeness (QED) is 0.846. The zero-order chi connectivity index (χ0) is 18.6. The molecule has 1 aromatic heterocycles. The first-order chi connectivity index (χ1) is 12.5. The van der Waals surface area contributed by atoms with Gasteiger partial charge < -0.3 is 10.1 Å². The molecule has 2 heterocycles. The average Bonchev–Trinajstić information content (AvgIpc) is 3.01. The van der Waals surface area contributed by atoms with Crippen LogP contribution in [-0.2, 0) is 11.2 Å². The zero-order valence-corrected chi connectivity index (χ0v) is 16.6. The maximum Gasteiger partial charge on any atom is 0.263 e. The van der Waals surface area contributed by atoms with E-state index in [0.29, 0.717) is 11.4 Å². The first-order valence-corrected chi connectivity index (χ1v) is 9.88. The fourth-order valence-electron chi connectivity index (χ4n) is 3.17. The summed E-state index contributed by atoms with van der Waals surface area (Å²) in [5.74, 6) is -0.0272.